The number of Topliss-reactive ketones (excluding diaryl/α,β-unsaturated/α-hetero) is 1. The zero-order chi connectivity index (χ0) is 34.2. The molecule has 0 spiro atoms. The van der Waals surface area contributed by atoms with Crippen molar-refractivity contribution in [3.8, 4) is 0 Å². The standard InChI is InChI=1S/C39H56N2O6/c1-34(2)25(28(42)8-9-31(44)47-21-20-41-19-18-40-24-41)10-12-37(5)30(34)11-13-39(7)32(37)29(43)22-26-27-23-36(4,33(45)46)15-14-35(27,3)16-17-38(26,39)6/h18-19,22,24-25,27,30,32H,8-17,20-21,23H2,1-7H3,(H,45,46)/t25-,27+,30+,32-,35-,36+,37+,38-,39-/m1/s1. The normalized spacial score (nSPS) is 42.2. The molecule has 0 bridgehead atoms. The van der Waals surface area contributed by atoms with Gasteiger partial charge in [0.2, 0.25) is 0 Å². The number of carboxylic acids is 1. The van der Waals surface area contributed by atoms with E-state index in [-0.39, 0.29) is 87.7 Å². The summed E-state index contributed by atoms with van der Waals surface area (Å²) in [5.41, 5.74) is -0.466. The van der Waals surface area contributed by atoms with Gasteiger partial charge in [0, 0.05) is 30.7 Å². The summed E-state index contributed by atoms with van der Waals surface area (Å²) in [5, 5.41) is 10.2. The van der Waals surface area contributed by atoms with Gasteiger partial charge in [-0.05, 0) is 110 Å². The Morgan fingerprint density at radius 1 is 0.957 bits per heavy atom. The quantitative estimate of drug-likeness (QED) is 0.291. The number of carboxylic acid groups (broad SMARTS) is 1. The van der Waals surface area contributed by atoms with Crippen molar-refractivity contribution < 1.29 is 29.0 Å². The lowest BCUT2D eigenvalue weighted by atomic mass is 9.33. The maximum atomic E-state index is 14.6. The first-order valence-electron chi connectivity index (χ1n) is 18.0. The average Bonchev–Trinajstić information content (AvgIpc) is 3.51. The largest absolute Gasteiger partial charge is 0.481 e. The van der Waals surface area contributed by atoms with Crippen molar-refractivity contribution in [3.63, 3.8) is 0 Å². The number of carbonyl (C=O) groups excluding carboxylic acids is 3. The molecule has 0 aromatic carbocycles. The van der Waals surface area contributed by atoms with Crippen LogP contribution in [0.5, 0.6) is 0 Å². The van der Waals surface area contributed by atoms with Crippen LogP contribution in [0.3, 0.4) is 0 Å². The third-order valence-electron chi connectivity index (χ3n) is 15.3. The molecule has 4 saturated carbocycles. The smallest absolute Gasteiger partial charge is 0.309 e. The Morgan fingerprint density at radius 3 is 2.36 bits per heavy atom. The van der Waals surface area contributed by atoms with E-state index >= 15 is 0 Å². The van der Waals surface area contributed by atoms with Crippen LogP contribution in [0.2, 0.25) is 0 Å². The lowest BCUT2D eigenvalue weighted by Crippen LogP contribution is -2.66. The molecule has 1 aromatic rings. The summed E-state index contributed by atoms with van der Waals surface area (Å²) in [6, 6.07) is 0. The maximum Gasteiger partial charge on any atom is 0.309 e. The molecular weight excluding hydrogens is 592 g/mol. The fourth-order valence-corrected chi connectivity index (χ4v) is 12.1. The summed E-state index contributed by atoms with van der Waals surface area (Å²) >= 11 is 0. The molecule has 0 amide bonds. The molecule has 8 heteroatoms. The summed E-state index contributed by atoms with van der Waals surface area (Å²) in [7, 11) is 0. The Labute approximate surface area is 280 Å². The van der Waals surface area contributed by atoms with Gasteiger partial charge in [0.05, 0.1) is 24.7 Å². The molecule has 0 saturated heterocycles. The van der Waals surface area contributed by atoms with Gasteiger partial charge in [-0.1, -0.05) is 47.1 Å². The molecule has 0 unspecified atom stereocenters. The summed E-state index contributed by atoms with van der Waals surface area (Å²) in [4.78, 5) is 57.2. The highest BCUT2D eigenvalue weighted by Gasteiger charge is 2.70. The van der Waals surface area contributed by atoms with Crippen LogP contribution in [0.15, 0.2) is 30.4 Å². The minimum Gasteiger partial charge on any atom is -0.481 e. The van der Waals surface area contributed by atoms with Crippen LogP contribution in [0.25, 0.3) is 0 Å². The highest BCUT2D eigenvalue weighted by Crippen LogP contribution is 2.75. The van der Waals surface area contributed by atoms with Gasteiger partial charge in [-0.3, -0.25) is 19.2 Å². The van der Waals surface area contributed by atoms with Gasteiger partial charge in [-0.2, -0.15) is 0 Å². The molecule has 4 fully saturated rings. The minimum absolute atomic E-state index is 0.0256. The Hall–Kier alpha value is -2.77. The molecule has 47 heavy (non-hydrogen) atoms. The number of ether oxygens (including phenoxy) is 1. The van der Waals surface area contributed by atoms with Gasteiger partial charge >= 0.3 is 11.9 Å². The molecule has 5 aliphatic carbocycles. The van der Waals surface area contributed by atoms with E-state index in [0.717, 1.165) is 44.9 Å². The molecule has 6 rings (SSSR count). The number of rotatable bonds is 8. The van der Waals surface area contributed by atoms with E-state index in [2.05, 4.69) is 46.5 Å². The molecular formula is C39H56N2O6. The van der Waals surface area contributed by atoms with E-state index in [1.807, 2.05) is 23.8 Å². The Balaban J connectivity index is 1.20. The molecule has 0 radical (unpaired) electrons. The zero-order valence-corrected chi connectivity index (χ0v) is 29.7. The van der Waals surface area contributed by atoms with Gasteiger partial charge in [-0.25, -0.2) is 4.98 Å². The lowest BCUT2D eigenvalue weighted by Gasteiger charge is -2.70. The van der Waals surface area contributed by atoms with Gasteiger partial charge in [-0.15, -0.1) is 0 Å². The summed E-state index contributed by atoms with van der Waals surface area (Å²) in [5.74, 6) is -0.700. The van der Waals surface area contributed by atoms with Crippen LogP contribution in [-0.2, 0) is 30.5 Å². The molecule has 1 N–H and O–H groups in total. The van der Waals surface area contributed by atoms with E-state index in [0.29, 0.717) is 19.4 Å². The van der Waals surface area contributed by atoms with Crippen molar-refractivity contribution >= 4 is 23.5 Å². The van der Waals surface area contributed by atoms with E-state index in [4.69, 9.17) is 4.74 Å². The van der Waals surface area contributed by atoms with Gasteiger partial charge in [0.25, 0.3) is 0 Å². The first-order chi connectivity index (χ1) is 21.9. The van der Waals surface area contributed by atoms with E-state index in [1.54, 1.807) is 12.5 Å². The van der Waals surface area contributed by atoms with Crippen LogP contribution < -0.4 is 0 Å². The second kappa shape index (κ2) is 11.4. The third kappa shape index (κ3) is 5.17. The van der Waals surface area contributed by atoms with Crippen LogP contribution in [-0.4, -0.2) is 44.8 Å². The van der Waals surface area contributed by atoms with E-state index < -0.39 is 11.4 Å². The number of hydrogen-bond acceptors (Lipinski definition) is 6. The number of nitrogens with zero attached hydrogens (tertiary/aromatic N) is 2. The number of esters is 1. The fourth-order valence-electron chi connectivity index (χ4n) is 12.1. The Kier molecular flexibility index (Phi) is 8.27. The first-order valence-corrected chi connectivity index (χ1v) is 18.0. The van der Waals surface area contributed by atoms with Crippen molar-refractivity contribution in [2.45, 2.75) is 126 Å². The molecule has 1 heterocycles. The van der Waals surface area contributed by atoms with Crippen molar-refractivity contribution in [2.75, 3.05) is 6.61 Å². The molecule has 9 atom stereocenters. The van der Waals surface area contributed by atoms with Crippen molar-refractivity contribution in [3.05, 3.63) is 30.4 Å². The number of ketones is 2. The Bertz CT molecular complexity index is 1480. The molecule has 5 aliphatic rings. The predicted molar refractivity (Wildman–Crippen MR) is 178 cm³/mol. The van der Waals surface area contributed by atoms with Crippen LogP contribution in [0.4, 0.5) is 0 Å². The van der Waals surface area contributed by atoms with E-state index in [9.17, 15) is 24.3 Å². The predicted octanol–water partition coefficient (Wildman–Crippen LogP) is 7.46. The number of imidazole rings is 1. The SMILES string of the molecule is CC1(C)[C@@H](C(=O)CCC(=O)OCCn2ccnc2)CC[C@]2(C)[C@H]3C(=O)C=C4[C@@H]5C[C@@](C)(C(=O)O)CC[C@]5(C)CC[C@@]4(C)[C@]3(C)CC[C@@H]12. The van der Waals surface area contributed by atoms with Gasteiger partial charge in [0.15, 0.2) is 5.78 Å². The molecule has 1 aromatic heterocycles. The third-order valence-corrected chi connectivity index (χ3v) is 15.3. The maximum absolute atomic E-state index is 14.6. The first kappa shape index (κ1) is 34.1. The van der Waals surface area contributed by atoms with Crippen molar-refractivity contribution in [2.24, 2.45) is 56.2 Å². The van der Waals surface area contributed by atoms with Gasteiger partial charge < -0.3 is 14.4 Å². The second-order valence-corrected chi connectivity index (χ2v) is 18.0. The average molecular weight is 649 g/mol. The highest BCUT2D eigenvalue weighted by atomic mass is 16.5. The Morgan fingerprint density at radius 2 is 1.68 bits per heavy atom. The van der Waals surface area contributed by atoms with Crippen LogP contribution in [0.1, 0.15) is 119 Å². The fraction of sp³-hybridized carbons (Fsp3) is 0.769. The summed E-state index contributed by atoms with van der Waals surface area (Å²) < 4.78 is 7.24. The zero-order valence-electron chi connectivity index (χ0n) is 29.7. The number of allylic oxidation sites excluding steroid dienone is 2. The summed E-state index contributed by atoms with van der Waals surface area (Å²) in [6.45, 7) is 16.6. The minimum atomic E-state index is -0.764. The molecule has 8 nitrogen and oxygen atoms in total. The highest BCUT2D eigenvalue weighted by molar-refractivity contribution is 5.96. The number of aromatic nitrogens is 2. The topological polar surface area (TPSA) is 116 Å². The number of fused-ring (bicyclic) bond motifs is 7. The summed E-state index contributed by atoms with van der Waals surface area (Å²) in [6.07, 6.45) is 15.1. The van der Waals surface area contributed by atoms with Crippen molar-refractivity contribution in [1.29, 1.82) is 0 Å². The lowest BCUT2D eigenvalue weighted by molar-refractivity contribution is -0.194. The number of carbonyl (C=O) groups is 4. The van der Waals surface area contributed by atoms with Gasteiger partial charge in [0.1, 0.15) is 12.4 Å². The van der Waals surface area contributed by atoms with E-state index in [1.165, 1.54) is 5.57 Å². The molecule has 0 aliphatic heterocycles. The second-order valence-electron chi connectivity index (χ2n) is 18.0. The van der Waals surface area contributed by atoms with Crippen LogP contribution >= 0.6 is 0 Å². The van der Waals surface area contributed by atoms with Crippen LogP contribution in [0, 0.1) is 56.2 Å². The number of hydrogen-bond donors (Lipinski definition) is 1. The monoisotopic (exact) mass is 648 g/mol. The molecule has 258 valence electrons. The van der Waals surface area contributed by atoms with Crippen molar-refractivity contribution in [1.82, 2.24) is 9.55 Å². The number of aliphatic carboxylic acids is 1.